The number of amides is 1. The lowest BCUT2D eigenvalue weighted by Gasteiger charge is -2.15. The highest BCUT2D eigenvalue weighted by Crippen LogP contribution is 2.01. The number of carbonyl (C=O) groups excluding carboxylic acids is 1. The fourth-order valence-corrected chi connectivity index (χ4v) is 1.69. The molecule has 0 atom stereocenters. The lowest BCUT2D eigenvalue weighted by atomic mass is 10.2. The number of nitrogens with zero attached hydrogens (tertiary/aromatic N) is 6. The van der Waals surface area contributed by atoms with E-state index in [0.29, 0.717) is 13.1 Å². The molecule has 0 aliphatic heterocycles. The number of rotatable bonds is 6. The van der Waals surface area contributed by atoms with E-state index in [2.05, 4.69) is 25.7 Å². The summed E-state index contributed by atoms with van der Waals surface area (Å²) in [6.07, 6.45) is 3.46. The standard InChI is InChI=1S/C12H17N7O/c1-3-19-16-12(15-17-19)14-11(20)9-18(2)8-10-4-6-13-7-5-10/h4-7H,3,8-9H2,1-2H3,(H,14,16,20). The molecule has 2 aromatic rings. The summed E-state index contributed by atoms with van der Waals surface area (Å²) in [6, 6.07) is 3.84. The van der Waals surface area contributed by atoms with Crippen LogP contribution in [0.1, 0.15) is 12.5 Å². The van der Waals surface area contributed by atoms with Crippen molar-refractivity contribution in [2.45, 2.75) is 20.0 Å². The Hall–Kier alpha value is -2.35. The summed E-state index contributed by atoms with van der Waals surface area (Å²) < 4.78 is 0. The molecule has 8 nitrogen and oxygen atoms in total. The molecule has 2 aromatic heterocycles. The Morgan fingerprint density at radius 2 is 2.15 bits per heavy atom. The van der Waals surface area contributed by atoms with Crippen LogP contribution in [0, 0.1) is 0 Å². The number of hydrogen-bond donors (Lipinski definition) is 1. The molecule has 1 amide bonds. The SMILES string of the molecule is CCn1nnc(NC(=O)CN(C)Cc2ccncc2)n1. The first-order valence-corrected chi connectivity index (χ1v) is 6.32. The van der Waals surface area contributed by atoms with Crippen LogP contribution in [0.5, 0.6) is 0 Å². The molecule has 0 unspecified atom stereocenters. The van der Waals surface area contributed by atoms with Gasteiger partial charge in [0, 0.05) is 18.9 Å². The Morgan fingerprint density at radius 3 is 2.80 bits per heavy atom. The first kappa shape index (κ1) is 14.1. The number of nitrogens with one attached hydrogen (secondary N) is 1. The minimum atomic E-state index is -0.169. The zero-order valence-electron chi connectivity index (χ0n) is 11.5. The van der Waals surface area contributed by atoms with Crippen molar-refractivity contribution in [1.82, 2.24) is 30.1 Å². The lowest BCUT2D eigenvalue weighted by Crippen LogP contribution is -2.30. The number of anilines is 1. The summed E-state index contributed by atoms with van der Waals surface area (Å²) >= 11 is 0. The predicted molar refractivity (Wildman–Crippen MR) is 72.7 cm³/mol. The second kappa shape index (κ2) is 6.71. The van der Waals surface area contributed by atoms with Crippen LogP contribution in [0.15, 0.2) is 24.5 Å². The monoisotopic (exact) mass is 275 g/mol. The molecule has 0 saturated carbocycles. The third kappa shape index (κ3) is 4.09. The first-order valence-electron chi connectivity index (χ1n) is 6.32. The zero-order valence-corrected chi connectivity index (χ0v) is 11.5. The Bertz CT molecular complexity index is 554. The topological polar surface area (TPSA) is 88.8 Å². The molecule has 2 rings (SSSR count). The van der Waals surface area contributed by atoms with Gasteiger partial charge in [-0.05, 0) is 36.9 Å². The third-order valence-corrected chi connectivity index (χ3v) is 2.60. The minimum Gasteiger partial charge on any atom is -0.293 e. The second-order valence-electron chi connectivity index (χ2n) is 4.38. The molecule has 0 fully saturated rings. The number of carbonyl (C=O) groups is 1. The lowest BCUT2D eigenvalue weighted by molar-refractivity contribution is -0.117. The largest absolute Gasteiger partial charge is 0.293 e. The average Bonchev–Trinajstić information content (AvgIpc) is 2.87. The van der Waals surface area contributed by atoms with Gasteiger partial charge in [-0.1, -0.05) is 5.10 Å². The molecule has 2 heterocycles. The number of pyridine rings is 1. The van der Waals surface area contributed by atoms with Gasteiger partial charge in [-0.2, -0.15) is 4.80 Å². The maximum atomic E-state index is 11.8. The maximum absolute atomic E-state index is 11.8. The summed E-state index contributed by atoms with van der Waals surface area (Å²) in [5, 5.41) is 14.1. The van der Waals surface area contributed by atoms with Crippen LogP contribution in [0.25, 0.3) is 0 Å². The van der Waals surface area contributed by atoms with Gasteiger partial charge in [0.2, 0.25) is 5.91 Å². The van der Waals surface area contributed by atoms with Gasteiger partial charge in [-0.25, -0.2) is 0 Å². The van der Waals surface area contributed by atoms with E-state index in [4.69, 9.17) is 0 Å². The van der Waals surface area contributed by atoms with Crippen molar-refractivity contribution < 1.29 is 4.79 Å². The van der Waals surface area contributed by atoms with Crippen LogP contribution in [0.3, 0.4) is 0 Å². The van der Waals surface area contributed by atoms with E-state index in [9.17, 15) is 4.79 Å². The smallest absolute Gasteiger partial charge is 0.270 e. The molecule has 20 heavy (non-hydrogen) atoms. The third-order valence-electron chi connectivity index (χ3n) is 2.60. The van der Waals surface area contributed by atoms with Gasteiger partial charge in [-0.15, -0.1) is 5.10 Å². The molecule has 0 bridgehead atoms. The van der Waals surface area contributed by atoms with Crippen LogP contribution in [-0.4, -0.2) is 49.6 Å². The van der Waals surface area contributed by atoms with Crippen molar-refractivity contribution >= 4 is 11.9 Å². The van der Waals surface area contributed by atoms with E-state index in [1.54, 1.807) is 12.4 Å². The summed E-state index contributed by atoms with van der Waals surface area (Å²) in [4.78, 5) is 19.1. The summed E-state index contributed by atoms with van der Waals surface area (Å²) in [6.45, 7) is 3.44. The van der Waals surface area contributed by atoms with Crippen molar-refractivity contribution in [1.29, 1.82) is 0 Å². The Morgan fingerprint density at radius 1 is 1.40 bits per heavy atom. The van der Waals surface area contributed by atoms with Gasteiger partial charge in [0.15, 0.2) is 0 Å². The zero-order chi connectivity index (χ0) is 14.4. The molecule has 8 heteroatoms. The summed E-state index contributed by atoms with van der Waals surface area (Å²) in [7, 11) is 1.87. The van der Waals surface area contributed by atoms with Gasteiger partial charge in [-0.3, -0.25) is 20.0 Å². The Balaban J connectivity index is 1.81. The van der Waals surface area contributed by atoms with Crippen molar-refractivity contribution in [3.63, 3.8) is 0 Å². The molecule has 0 saturated heterocycles. The van der Waals surface area contributed by atoms with Gasteiger partial charge in [0.05, 0.1) is 13.1 Å². The highest BCUT2D eigenvalue weighted by molar-refractivity contribution is 5.90. The van der Waals surface area contributed by atoms with Crippen LogP contribution >= 0.6 is 0 Å². The van der Waals surface area contributed by atoms with Gasteiger partial charge in [0.1, 0.15) is 0 Å². The van der Waals surface area contributed by atoms with E-state index in [1.807, 2.05) is 31.0 Å². The molecular formula is C12H17N7O. The van der Waals surface area contributed by atoms with Gasteiger partial charge < -0.3 is 0 Å². The fourth-order valence-electron chi connectivity index (χ4n) is 1.69. The number of hydrogen-bond acceptors (Lipinski definition) is 6. The van der Waals surface area contributed by atoms with Crippen LogP contribution in [0.2, 0.25) is 0 Å². The number of tetrazole rings is 1. The molecule has 0 aliphatic carbocycles. The quantitative estimate of drug-likeness (QED) is 0.807. The van der Waals surface area contributed by atoms with E-state index in [-0.39, 0.29) is 18.4 Å². The summed E-state index contributed by atoms with van der Waals surface area (Å²) in [5.74, 6) is 0.0615. The van der Waals surface area contributed by atoms with E-state index in [0.717, 1.165) is 5.56 Å². The highest BCUT2D eigenvalue weighted by Gasteiger charge is 2.10. The van der Waals surface area contributed by atoms with Crippen LogP contribution in [-0.2, 0) is 17.9 Å². The normalized spacial score (nSPS) is 10.8. The van der Waals surface area contributed by atoms with E-state index in [1.165, 1.54) is 4.80 Å². The number of aromatic nitrogens is 5. The van der Waals surface area contributed by atoms with E-state index >= 15 is 0 Å². The molecule has 1 N–H and O–H groups in total. The first-order chi connectivity index (χ1) is 9.67. The molecule has 0 spiro atoms. The Kier molecular flexibility index (Phi) is 4.72. The van der Waals surface area contributed by atoms with Crippen molar-refractivity contribution in [2.24, 2.45) is 0 Å². The van der Waals surface area contributed by atoms with Crippen molar-refractivity contribution in [3.05, 3.63) is 30.1 Å². The van der Waals surface area contributed by atoms with Crippen molar-refractivity contribution in [2.75, 3.05) is 18.9 Å². The molecule has 106 valence electrons. The second-order valence-corrected chi connectivity index (χ2v) is 4.38. The molecule has 0 radical (unpaired) electrons. The molecule has 0 aromatic carbocycles. The van der Waals surface area contributed by atoms with Crippen LogP contribution in [0.4, 0.5) is 5.95 Å². The van der Waals surface area contributed by atoms with Crippen molar-refractivity contribution in [3.8, 4) is 0 Å². The van der Waals surface area contributed by atoms with E-state index < -0.39 is 0 Å². The fraction of sp³-hybridized carbons (Fsp3) is 0.417. The number of likely N-dealkylation sites (N-methyl/N-ethyl adjacent to an activating group) is 1. The molecular weight excluding hydrogens is 258 g/mol. The van der Waals surface area contributed by atoms with Gasteiger partial charge >= 0.3 is 0 Å². The highest BCUT2D eigenvalue weighted by atomic mass is 16.2. The van der Waals surface area contributed by atoms with Crippen LogP contribution < -0.4 is 5.32 Å². The summed E-state index contributed by atoms with van der Waals surface area (Å²) in [5.41, 5.74) is 1.10. The predicted octanol–water partition coefficient (Wildman–Crippen LogP) is 0.158. The maximum Gasteiger partial charge on any atom is 0.270 e. The number of aryl methyl sites for hydroxylation is 1. The van der Waals surface area contributed by atoms with Gasteiger partial charge in [0.25, 0.3) is 5.95 Å². The minimum absolute atomic E-state index is 0.169. The molecule has 0 aliphatic rings. The average molecular weight is 275 g/mol. The Labute approximate surface area is 116 Å².